The molecular formula is C22H18ClF3N2O2. The minimum absolute atomic E-state index is 0.0526. The van der Waals surface area contributed by atoms with Gasteiger partial charge in [-0.25, -0.2) is 0 Å². The maximum Gasteiger partial charge on any atom is 0.416 e. The first kappa shape index (κ1) is 21.5. The van der Waals surface area contributed by atoms with Gasteiger partial charge in [0.05, 0.1) is 29.6 Å². The summed E-state index contributed by atoms with van der Waals surface area (Å²) in [5.74, 6) is 1.07. The van der Waals surface area contributed by atoms with Crippen molar-refractivity contribution in [1.82, 2.24) is 0 Å². The number of ether oxygens (including phenoxy) is 2. The number of hydrogen-bond acceptors (Lipinski definition) is 4. The smallest absolute Gasteiger partial charge is 0.416 e. The van der Waals surface area contributed by atoms with Crippen molar-refractivity contribution in [2.75, 3.05) is 12.5 Å². The van der Waals surface area contributed by atoms with Crippen LogP contribution in [-0.4, -0.2) is 13.3 Å². The topological polar surface area (TPSA) is 42.8 Å². The number of nitrogens with one attached hydrogen (secondary N) is 1. The van der Waals surface area contributed by atoms with Crippen LogP contribution in [0.15, 0.2) is 71.8 Å². The summed E-state index contributed by atoms with van der Waals surface area (Å²) in [7, 11) is 1.54. The SMILES string of the molecule is COc1ccc(/C=N/Nc2cc(C(F)(F)F)ccc2Cl)cc1OCc1ccccc1. The molecule has 0 saturated carbocycles. The molecule has 0 amide bonds. The maximum absolute atomic E-state index is 12.9. The Morgan fingerprint density at radius 3 is 2.47 bits per heavy atom. The van der Waals surface area contributed by atoms with Crippen molar-refractivity contribution in [3.05, 3.63) is 88.4 Å². The molecule has 1 N–H and O–H groups in total. The molecule has 0 saturated heterocycles. The lowest BCUT2D eigenvalue weighted by Crippen LogP contribution is -2.05. The molecule has 4 nitrogen and oxygen atoms in total. The molecule has 3 aromatic carbocycles. The van der Waals surface area contributed by atoms with Crippen LogP contribution < -0.4 is 14.9 Å². The first-order chi connectivity index (χ1) is 14.4. The normalized spacial score (nSPS) is 11.5. The number of methoxy groups -OCH3 is 1. The number of benzene rings is 3. The van der Waals surface area contributed by atoms with E-state index in [2.05, 4.69) is 10.5 Å². The van der Waals surface area contributed by atoms with E-state index in [1.165, 1.54) is 19.4 Å². The lowest BCUT2D eigenvalue weighted by Gasteiger charge is -2.12. The number of nitrogens with zero attached hydrogens (tertiary/aromatic N) is 1. The van der Waals surface area contributed by atoms with Crippen LogP contribution >= 0.6 is 11.6 Å². The number of hydrazone groups is 1. The fourth-order valence-electron chi connectivity index (χ4n) is 2.59. The molecule has 0 radical (unpaired) electrons. The number of hydrogen-bond donors (Lipinski definition) is 1. The van der Waals surface area contributed by atoms with Gasteiger partial charge in [-0.05, 0) is 47.5 Å². The summed E-state index contributed by atoms with van der Waals surface area (Å²) < 4.78 is 49.7. The van der Waals surface area contributed by atoms with Crippen molar-refractivity contribution in [3.8, 4) is 11.5 Å². The first-order valence-electron chi connectivity index (χ1n) is 8.87. The van der Waals surface area contributed by atoms with Crippen molar-refractivity contribution in [1.29, 1.82) is 0 Å². The second-order valence-corrected chi connectivity index (χ2v) is 6.65. The molecule has 156 valence electrons. The van der Waals surface area contributed by atoms with Gasteiger partial charge in [0, 0.05) is 0 Å². The molecular weight excluding hydrogens is 417 g/mol. The molecule has 0 fully saturated rings. The Morgan fingerprint density at radius 1 is 1.00 bits per heavy atom. The van der Waals surface area contributed by atoms with Gasteiger partial charge in [-0.1, -0.05) is 41.9 Å². The van der Waals surface area contributed by atoms with Gasteiger partial charge < -0.3 is 9.47 Å². The Balaban J connectivity index is 1.73. The predicted octanol–water partition coefficient (Wildman–Crippen LogP) is 6.39. The molecule has 0 heterocycles. The van der Waals surface area contributed by atoms with E-state index in [-0.39, 0.29) is 10.7 Å². The summed E-state index contributed by atoms with van der Waals surface area (Å²) in [5.41, 5.74) is 3.44. The second kappa shape index (κ2) is 9.54. The van der Waals surface area contributed by atoms with E-state index < -0.39 is 11.7 Å². The third-order valence-electron chi connectivity index (χ3n) is 4.12. The van der Waals surface area contributed by atoms with Gasteiger partial charge in [0.1, 0.15) is 6.61 Å². The molecule has 0 atom stereocenters. The minimum atomic E-state index is -4.47. The third-order valence-corrected chi connectivity index (χ3v) is 4.45. The van der Waals surface area contributed by atoms with E-state index in [4.69, 9.17) is 21.1 Å². The van der Waals surface area contributed by atoms with E-state index in [1.807, 2.05) is 30.3 Å². The zero-order valence-corrected chi connectivity index (χ0v) is 16.7. The Bertz CT molecular complexity index is 1020. The average Bonchev–Trinajstić information content (AvgIpc) is 2.73. The minimum Gasteiger partial charge on any atom is -0.493 e. The van der Waals surface area contributed by atoms with Crippen molar-refractivity contribution in [2.45, 2.75) is 12.8 Å². The lowest BCUT2D eigenvalue weighted by atomic mass is 10.2. The van der Waals surface area contributed by atoms with Gasteiger partial charge in [-0.15, -0.1) is 0 Å². The van der Waals surface area contributed by atoms with Crippen LogP contribution in [0, 0.1) is 0 Å². The molecule has 0 unspecified atom stereocenters. The Labute approximate surface area is 176 Å². The summed E-state index contributed by atoms with van der Waals surface area (Å²) in [4.78, 5) is 0. The van der Waals surface area contributed by atoms with E-state index in [1.54, 1.807) is 18.2 Å². The van der Waals surface area contributed by atoms with Gasteiger partial charge in [0.2, 0.25) is 0 Å². The van der Waals surface area contributed by atoms with Gasteiger partial charge in [-0.2, -0.15) is 18.3 Å². The Morgan fingerprint density at radius 2 is 1.77 bits per heavy atom. The molecule has 8 heteroatoms. The van der Waals surface area contributed by atoms with E-state index in [9.17, 15) is 13.2 Å². The highest BCUT2D eigenvalue weighted by Gasteiger charge is 2.30. The molecule has 0 aromatic heterocycles. The predicted molar refractivity (Wildman–Crippen MR) is 111 cm³/mol. The first-order valence-corrected chi connectivity index (χ1v) is 9.25. The quantitative estimate of drug-likeness (QED) is 0.346. The fourth-order valence-corrected chi connectivity index (χ4v) is 2.75. The summed E-state index contributed by atoms with van der Waals surface area (Å²) >= 11 is 5.95. The van der Waals surface area contributed by atoms with Crippen molar-refractivity contribution >= 4 is 23.5 Å². The summed E-state index contributed by atoms with van der Waals surface area (Å²) in [5, 5.41) is 4.11. The number of anilines is 1. The lowest BCUT2D eigenvalue weighted by molar-refractivity contribution is -0.137. The molecule has 0 spiro atoms. The standard InChI is InChI=1S/C22H18ClF3N2O2/c1-29-20-10-7-16(11-21(20)30-14-15-5-3-2-4-6-15)13-27-28-19-12-17(22(24,25)26)8-9-18(19)23/h2-13,28H,14H2,1H3/b27-13+. The summed E-state index contributed by atoms with van der Waals surface area (Å²) in [6, 6.07) is 17.8. The van der Waals surface area contributed by atoms with Crippen molar-refractivity contribution in [3.63, 3.8) is 0 Å². The summed E-state index contributed by atoms with van der Waals surface area (Å²) in [6.45, 7) is 0.357. The number of alkyl halides is 3. The second-order valence-electron chi connectivity index (χ2n) is 6.25. The van der Waals surface area contributed by atoms with Gasteiger partial charge in [0.15, 0.2) is 11.5 Å². The molecule has 0 aliphatic carbocycles. The molecule has 3 aromatic rings. The highest BCUT2D eigenvalue weighted by molar-refractivity contribution is 6.33. The van der Waals surface area contributed by atoms with Crippen molar-refractivity contribution < 1.29 is 22.6 Å². The maximum atomic E-state index is 12.9. The monoisotopic (exact) mass is 434 g/mol. The molecule has 0 bridgehead atoms. The van der Waals surface area contributed by atoms with E-state index in [0.717, 1.165) is 17.7 Å². The highest BCUT2D eigenvalue weighted by Crippen LogP contribution is 2.34. The molecule has 3 rings (SSSR count). The van der Waals surface area contributed by atoms with E-state index >= 15 is 0 Å². The van der Waals surface area contributed by atoms with Crippen LogP contribution in [-0.2, 0) is 12.8 Å². The zero-order chi connectivity index (χ0) is 21.6. The third kappa shape index (κ3) is 5.67. The summed E-state index contributed by atoms with van der Waals surface area (Å²) in [6.07, 6.45) is -3.02. The van der Waals surface area contributed by atoms with Gasteiger partial charge in [-0.3, -0.25) is 5.43 Å². The van der Waals surface area contributed by atoms with Gasteiger partial charge >= 0.3 is 6.18 Å². The largest absolute Gasteiger partial charge is 0.493 e. The van der Waals surface area contributed by atoms with Gasteiger partial charge in [0.25, 0.3) is 0 Å². The van der Waals surface area contributed by atoms with Crippen LogP contribution in [0.1, 0.15) is 16.7 Å². The Kier molecular flexibility index (Phi) is 6.84. The molecule has 0 aliphatic rings. The van der Waals surface area contributed by atoms with E-state index in [0.29, 0.717) is 23.7 Å². The average molecular weight is 435 g/mol. The van der Waals surface area contributed by atoms with Crippen molar-refractivity contribution in [2.24, 2.45) is 5.10 Å². The molecule has 0 aliphatic heterocycles. The van der Waals surface area contributed by atoms with Crippen LogP contribution in [0.25, 0.3) is 0 Å². The zero-order valence-electron chi connectivity index (χ0n) is 15.9. The van der Waals surface area contributed by atoms with Crippen LogP contribution in [0.5, 0.6) is 11.5 Å². The Hall–Kier alpha value is -3.19. The number of rotatable bonds is 7. The highest BCUT2D eigenvalue weighted by atomic mass is 35.5. The fraction of sp³-hybridized carbons (Fsp3) is 0.136. The van der Waals surface area contributed by atoms with Crippen LogP contribution in [0.4, 0.5) is 18.9 Å². The number of halogens is 4. The van der Waals surface area contributed by atoms with Crippen LogP contribution in [0.2, 0.25) is 5.02 Å². The molecule has 30 heavy (non-hydrogen) atoms. The van der Waals surface area contributed by atoms with Crippen LogP contribution in [0.3, 0.4) is 0 Å².